The molecule has 1 aliphatic rings. The number of nitrogens with one attached hydrogen (secondary N) is 1. The van der Waals surface area contributed by atoms with Crippen LogP contribution in [0.3, 0.4) is 0 Å². The van der Waals surface area contributed by atoms with Crippen LogP contribution in [-0.4, -0.2) is 40.3 Å². The van der Waals surface area contributed by atoms with Gasteiger partial charge in [0.05, 0.1) is 20.3 Å². The lowest BCUT2D eigenvalue weighted by Crippen LogP contribution is -2.07. The second-order valence-corrected chi connectivity index (χ2v) is 6.72. The first-order valence-corrected chi connectivity index (χ1v) is 9.26. The minimum Gasteiger partial charge on any atom is -0.497 e. The van der Waals surface area contributed by atoms with E-state index in [1.54, 1.807) is 26.4 Å². The lowest BCUT2D eigenvalue weighted by molar-refractivity contribution is -0.111. The number of carbonyl (C=O) groups excluding carboxylic acids is 1. The van der Waals surface area contributed by atoms with E-state index in [9.17, 15) is 4.79 Å². The first kappa shape index (κ1) is 18.7. The number of hydrogen-bond donors (Lipinski definition) is 1. The maximum absolute atomic E-state index is 12.3. The van der Waals surface area contributed by atoms with Crippen molar-refractivity contribution in [3.8, 4) is 22.9 Å². The Morgan fingerprint density at radius 1 is 1.10 bits per heavy atom. The van der Waals surface area contributed by atoms with Crippen LogP contribution in [0.4, 0.5) is 5.69 Å². The summed E-state index contributed by atoms with van der Waals surface area (Å²) in [5.74, 6) is 1.83. The van der Waals surface area contributed by atoms with Gasteiger partial charge in [-0.3, -0.25) is 4.79 Å². The average molecular weight is 391 g/mol. The number of amides is 1. The maximum atomic E-state index is 12.3. The van der Waals surface area contributed by atoms with Crippen LogP contribution in [0.2, 0.25) is 0 Å². The smallest absolute Gasteiger partial charge is 0.248 e. The molecule has 1 fully saturated rings. The topological polar surface area (TPSA) is 91.2 Å². The molecule has 148 valence electrons. The van der Waals surface area contributed by atoms with Gasteiger partial charge in [0.1, 0.15) is 11.5 Å². The van der Waals surface area contributed by atoms with Gasteiger partial charge in [0, 0.05) is 23.4 Å². The van der Waals surface area contributed by atoms with E-state index < -0.39 is 0 Å². The quantitative estimate of drug-likeness (QED) is 0.621. The van der Waals surface area contributed by atoms with E-state index in [1.165, 1.54) is 6.08 Å². The third kappa shape index (κ3) is 4.43. The molecule has 2 aromatic carbocycles. The summed E-state index contributed by atoms with van der Waals surface area (Å²) < 4.78 is 12.3. The molecular weight excluding hydrogens is 370 g/mol. The number of anilines is 1. The van der Waals surface area contributed by atoms with Crippen LogP contribution in [0.5, 0.6) is 11.5 Å². The van der Waals surface area contributed by atoms with E-state index in [1.807, 2.05) is 41.1 Å². The summed E-state index contributed by atoms with van der Waals surface area (Å²) in [6.45, 7) is 0. The predicted molar refractivity (Wildman–Crippen MR) is 109 cm³/mol. The number of methoxy groups -OCH3 is 2. The molecule has 1 N–H and O–H groups in total. The van der Waals surface area contributed by atoms with Crippen LogP contribution in [0.15, 0.2) is 48.5 Å². The van der Waals surface area contributed by atoms with Crippen molar-refractivity contribution in [2.45, 2.75) is 18.9 Å². The zero-order chi connectivity index (χ0) is 20.2. The van der Waals surface area contributed by atoms with Gasteiger partial charge in [-0.15, -0.1) is 5.10 Å². The SMILES string of the molecule is COc1cc(/C=C/C(=O)Nc2ccc(-c3nnnn3C3CC3)cc2)cc(OC)c1. The third-order valence-corrected chi connectivity index (χ3v) is 4.60. The summed E-state index contributed by atoms with van der Waals surface area (Å²) in [7, 11) is 3.17. The van der Waals surface area contributed by atoms with E-state index in [4.69, 9.17) is 9.47 Å². The normalized spacial score (nSPS) is 13.4. The second kappa shape index (κ2) is 8.14. The Balaban J connectivity index is 1.42. The number of nitrogens with zero attached hydrogens (tertiary/aromatic N) is 4. The molecule has 0 atom stereocenters. The third-order valence-electron chi connectivity index (χ3n) is 4.60. The van der Waals surface area contributed by atoms with Gasteiger partial charge in [-0.05, 0) is 71.3 Å². The Morgan fingerprint density at radius 3 is 2.41 bits per heavy atom. The number of rotatable bonds is 7. The Labute approximate surface area is 168 Å². The van der Waals surface area contributed by atoms with Gasteiger partial charge in [0.25, 0.3) is 0 Å². The molecule has 29 heavy (non-hydrogen) atoms. The summed E-state index contributed by atoms with van der Waals surface area (Å²) in [6, 6.07) is 13.3. The van der Waals surface area contributed by atoms with E-state index in [2.05, 4.69) is 20.8 Å². The maximum Gasteiger partial charge on any atom is 0.248 e. The van der Waals surface area contributed by atoms with Gasteiger partial charge in [-0.2, -0.15) is 0 Å². The zero-order valence-electron chi connectivity index (χ0n) is 16.2. The molecule has 1 amide bonds. The van der Waals surface area contributed by atoms with E-state index in [0.717, 1.165) is 29.8 Å². The molecule has 1 aromatic heterocycles. The van der Waals surface area contributed by atoms with Crippen LogP contribution in [0.1, 0.15) is 24.4 Å². The van der Waals surface area contributed by atoms with Crippen molar-refractivity contribution < 1.29 is 14.3 Å². The van der Waals surface area contributed by atoms with Crippen molar-refractivity contribution in [2.24, 2.45) is 0 Å². The number of ether oxygens (including phenoxy) is 2. The molecule has 3 aromatic rings. The van der Waals surface area contributed by atoms with Crippen molar-refractivity contribution in [1.82, 2.24) is 20.2 Å². The summed E-state index contributed by atoms with van der Waals surface area (Å²) in [5.41, 5.74) is 2.41. The van der Waals surface area contributed by atoms with Crippen molar-refractivity contribution in [2.75, 3.05) is 19.5 Å². The molecule has 8 heteroatoms. The molecule has 0 bridgehead atoms. The zero-order valence-corrected chi connectivity index (χ0v) is 16.2. The van der Waals surface area contributed by atoms with E-state index >= 15 is 0 Å². The van der Waals surface area contributed by atoms with Crippen molar-refractivity contribution in [1.29, 1.82) is 0 Å². The highest BCUT2D eigenvalue weighted by molar-refractivity contribution is 6.02. The van der Waals surface area contributed by atoms with Crippen molar-refractivity contribution >= 4 is 17.7 Å². The number of tetrazole rings is 1. The largest absolute Gasteiger partial charge is 0.497 e. The number of hydrogen-bond acceptors (Lipinski definition) is 6. The predicted octanol–water partition coefficient (Wildman–Crippen LogP) is 3.34. The van der Waals surface area contributed by atoms with Crippen molar-refractivity contribution in [3.05, 3.63) is 54.1 Å². The van der Waals surface area contributed by atoms with E-state index in [0.29, 0.717) is 23.2 Å². The van der Waals surface area contributed by atoms with E-state index in [-0.39, 0.29) is 5.91 Å². The standard InChI is InChI=1S/C21H21N5O3/c1-28-18-11-14(12-19(13-18)29-2)3-10-20(27)22-16-6-4-15(5-7-16)21-23-24-25-26(21)17-8-9-17/h3-7,10-13,17H,8-9H2,1-2H3,(H,22,27)/b10-3+. The fraction of sp³-hybridized carbons (Fsp3) is 0.238. The summed E-state index contributed by atoms with van der Waals surface area (Å²) in [6.07, 6.45) is 5.39. The Bertz CT molecular complexity index is 1020. The Kier molecular flexibility index (Phi) is 5.24. The Hall–Kier alpha value is -3.68. The fourth-order valence-corrected chi connectivity index (χ4v) is 2.93. The van der Waals surface area contributed by atoms with Crippen LogP contribution >= 0.6 is 0 Å². The lowest BCUT2D eigenvalue weighted by Gasteiger charge is -2.06. The minimum absolute atomic E-state index is 0.234. The number of benzene rings is 2. The first-order chi connectivity index (χ1) is 14.2. The molecule has 0 aliphatic heterocycles. The number of aromatic nitrogens is 4. The Morgan fingerprint density at radius 2 is 1.79 bits per heavy atom. The lowest BCUT2D eigenvalue weighted by atomic mass is 10.1. The molecule has 0 spiro atoms. The highest BCUT2D eigenvalue weighted by Gasteiger charge is 2.28. The van der Waals surface area contributed by atoms with Gasteiger partial charge in [-0.25, -0.2) is 4.68 Å². The monoisotopic (exact) mass is 391 g/mol. The molecule has 1 aliphatic carbocycles. The molecule has 1 heterocycles. The fourth-order valence-electron chi connectivity index (χ4n) is 2.93. The first-order valence-electron chi connectivity index (χ1n) is 9.26. The molecule has 4 rings (SSSR count). The summed E-state index contributed by atoms with van der Waals surface area (Å²) in [4.78, 5) is 12.3. The van der Waals surface area contributed by atoms with Gasteiger partial charge >= 0.3 is 0 Å². The number of carbonyl (C=O) groups is 1. The van der Waals surface area contributed by atoms with Gasteiger partial charge in [0.2, 0.25) is 5.91 Å². The van der Waals surface area contributed by atoms with Gasteiger partial charge in [0.15, 0.2) is 5.82 Å². The molecule has 8 nitrogen and oxygen atoms in total. The second-order valence-electron chi connectivity index (χ2n) is 6.72. The molecule has 0 radical (unpaired) electrons. The highest BCUT2D eigenvalue weighted by Crippen LogP contribution is 2.36. The molecule has 0 saturated heterocycles. The molecule has 0 unspecified atom stereocenters. The minimum atomic E-state index is -0.234. The van der Waals surface area contributed by atoms with Gasteiger partial charge in [-0.1, -0.05) is 0 Å². The summed E-state index contributed by atoms with van der Waals surface area (Å²) >= 11 is 0. The van der Waals surface area contributed by atoms with Crippen LogP contribution in [-0.2, 0) is 4.79 Å². The van der Waals surface area contributed by atoms with Gasteiger partial charge < -0.3 is 14.8 Å². The summed E-state index contributed by atoms with van der Waals surface area (Å²) in [5, 5.41) is 14.8. The average Bonchev–Trinajstić information content (AvgIpc) is 3.49. The van der Waals surface area contributed by atoms with Crippen LogP contribution in [0.25, 0.3) is 17.5 Å². The van der Waals surface area contributed by atoms with Crippen LogP contribution in [0, 0.1) is 0 Å². The van der Waals surface area contributed by atoms with Crippen molar-refractivity contribution in [3.63, 3.8) is 0 Å². The van der Waals surface area contributed by atoms with Crippen LogP contribution < -0.4 is 14.8 Å². The molecule has 1 saturated carbocycles. The molecular formula is C21H21N5O3. The highest BCUT2D eigenvalue weighted by atomic mass is 16.5.